The average molecular weight is 354 g/mol. The van der Waals surface area contributed by atoms with E-state index in [0.29, 0.717) is 13.2 Å². The number of hydrogen-bond acceptors (Lipinski definition) is 8. The molecule has 25 heavy (non-hydrogen) atoms. The fraction of sp³-hybridized carbons (Fsp3) is 0.294. The Kier molecular flexibility index (Phi) is 4.91. The number of nitrogens with one attached hydrogen (secondary N) is 1. The summed E-state index contributed by atoms with van der Waals surface area (Å²) >= 11 is 1.66. The van der Waals surface area contributed by atoms with Crippen LogP contribution < -0.4 is 5.32 Å². The number of aromatic nitrogens is 4. The van der Waals surface area contributed by atoms with Crippen LogP contribution in [0.15, 0.2) is 48.2 Å². The summed E-state index contributed by atoms with van der Waals surface area (Å²) in [4.78, 5) is 20.1. The summed E-state index contributed by atoms with van der Waals surface area (Å²) < 4.78 is 5.67. The normalized spacial score (nSPS) is 18.2. The molecule has 1 aliphatic heterocycles. The smallest absolute Gasteiger partial charge is 0.150 e. The third-order valence-corrected chi connectivity index (χ3v) is 4.72. The molecule has 1 unspecified atom stereocenters. The van der Waals surface area contributed by atoms with E-state index < -0.39 is 0 Å². The van der Waals surface area contributed by atoms with Crippen LogP contribution in [0.4, 0.5) is 11.6 Å². The highest BCUT2D eigenvalue weighted by Gasteiger charge is 2.27. The van der Waals surface area contributed by atoms with E-state index in [1.807, 2.05) is 35.8 Å². The van der Waals surface area contributed by atoms with Gasteiger partial charge in [-0.2, -0.15) is 0 Å². The highest BCUT2D eigenvalue weighted by molar-refractivity contribution is 7.09. The van der Waals surface area contributed by atoms with Crippen molar-refractivity contribution in [1.29, 1.82) is 0 Å². The molecule has 1 fully saturated rings. The van der Waals surface area contributed by atoms with Crippen LogP contribution in [0.25, 0.3) is 0 Å². The quantitative estimate of drug-likeness (QED) is 0.755. The predicted octanol–water partition coefficient (Wildman–Crippen LogP) is 2.65. The molecule has 0 bridgehead atoms. The van der Waals surface area contributed by atoms with Crippen molar-refractivity contribution in [3.05, 3.63) is 59.1 Å². The van der Waals surface area contributed by atoms with Gasteiger partial charge in [0, 0.05) is 30.5 Å². The zero-order valence-corrected chi connectivity index (χ0v) is 14.4. The van der Waals surface area contributed by atoms with Crippen molar-refractivity contribution in [1.82, 2.24) is 24.8 Å². The second-order valence-corrected chi connectivity index (χ2v) is 6.61. The lowest BCUT2D eigenvalue weighted by Gasteiger charge is -2.33. The molecule has 128 valence electrons. The van der Waals surface area contributed by atoms with Crippen molar-refractivity contribution in [2.75, 3.05) is 25.1 Å². The molecular formula is C17H18N6OS. The van der Waals surface area contributed by atoms with E-state index in [-0.39, 0.29) is 6.04 Å². The first-order valence-electron chi connectivity index (χ1n) is 8.09. The summed E-state index contributed by atoms with van der Waals surface area (Å²) in [5.74, 6) is 2.23. The number of anilines is 2. The van der Waals surface area contributed by atoms with Crippen molar-refractivity contribution in [3.8, 4) is 0 Å². The van der Waals surface area contributed by atoms with E-state index >= 15 is 0 Å². The number of rotatable bonds is 5. The Bertz CT molecular complexity index is 798. The van der Waals surface area contributed by atoms with Gasteiger partial charge in [0.05, 0.1) is 25.8 Å². The fourth-order valence-corrected chi connectivity index (χ4v) is 3.38. The summed E-state index contributed by atoms with van der Waals surface area (Å²) in [6.45, 7) is 2.92. The second-order valence-electron chi connectivity index (χ2n) is 5.63. The second kappa shape index (κ2) is 7.64. The minimum Gasteiger partial charge on any atom is -0.378 e. The third-order valence-electron chi connectivity index (χ3n) is 3.95. The largest absolute Gasteiger partial charge is 0.378 e. The van der Waals surface area contributed by atoms with Gasteiger partial charge in [-0.15, -0.1) is 11.3 Å². The molecule has 0 aromatic carbocycles. The van der Waals surface area contributed by atoms with E-state index in [1.54, 1.807) is 23.7 Å². The Labute approximate surface area is 149 Å². The lowest BCUT2D eigenvalue weighted by Crippen LogP contribution is -2.39. The molecule has 1 aliphatic rings. The molecule has 1 N–H and O–H groups in total. The molecule has 0 spiro atoms. The number of hydrogen-bond donors (Lipinski definition) is 1. The van der Waals surface area contributed by atoms with Gasteiger partial charge in [0.15, 0.2) is 0 Å². The summed E-state index contributed by atoms with van der Waals surface area (Å²) in [6, 6.07) is 7.57. The molecule has 0 radical (unpaired) electrons. The standard InChI is InChI=1S/C17H18N6OS/c1-2-5-18-14(3-1)21-15-4-6-20-17(22-15)13-12-24-9-8-23(13)11-16-19-7-10-25-16/h1-7,10,13H,8-9,11-12H2,(H,18,20,21,22). The summed E-state index contributed by atoms with van der Waals surface area (Å²) in [7, 11) is 0. The molecule has 4 heterocycles. The first-order chi connectivity index (χ1) is 12.4. The molecular weight excluding hydrogens is 336 g/mol. The van der Waals surface area contributed by atoms with Gasteiger partial charge in [0.25, 0.3) is 0 Å². The van der Waals surface area contributed by atoms with Gasteiger partial charge in [-0.25, -0.2) is 19.9 Å². The van der Waals surface area contributed by atoms with Gasteiger partial charge in [0.1, 0.15) is 22.5 Å². The van der Waals surface area contributed by atoms with Crippen molar-refractivity contribution < 1.29 is 4.74 Å². The predicted molar refractivity (Wildman–Crippen MR) is 95.6 cm³/mol. The maximum absolute atomic E-state index is 5.67. The van der Waals surface area contributed by atoms with Crippen LogP contribution in [0, 0.1) is 0 Å². The van der Waals surface area contributed by atoms with E-state index in [9.17, 15) is 0 Å². The molecule has 4 rings (SSSR count). The zero-order chi connectivity index (χ0) is 16.9. The van der Waals surface area contributed by atoms with Gasteiger partial charge in [-0.05, 0) is 18.2 Å². The van der Waals surface area contributed by atoms with E-state index in [4.69, 9.17) is 4.74 Å². The molecule has 0 amide bonds. The molecule has 7 nitrogen and oxygen atoms in total. The number of pyridine rings is 1. The van der Waals surface area contributed by atoms with Crippen LogP contribution >= 0.6 is 11.3 Å². The lowest BCUT2D eigenvalue weighted by molar-refractivity contribution is -0.0159. The van der Waals surface area contributed by atoms with Crippen LogP contribution in [-0.4, -0.2) is 44.6 Å². The fourth-order valence-electron chi connectivity index (χ4n) is 2.74. The first kappa shape index (κ1) is 16.1. The van der Waals surface area contributed by atoms with Gasteiger partial charge in [0.2, 0.25) is 0 Å². The monoisotopic (exact) mass is 354 g/mol. The molecule has 8 heteroatoms. The minimum atomic E-state index is 0.0168. The maximum atomic E-state index is 5.67. The number of morpholine rings is 1. The molecule has 1 saturated heterocycles. The summed E-state index contributed by atoms with van der Waals surface area (Å²) in [5.41, 5.74) is 0. The Morgan fingerprint density at radius 3 is 2.96 bits per heavy atom. The van der Waals surface area contributed by atoms with Gasteiger partial charge in [-0.1, -0.05) is 6.07 Å². The summed E-state index contributed by atoms with van der Waals surface area (Å²) in [5, 5.41) is 6.30. The maximum Gasteiger partial charge on any atom is 0.150 e. The molecule has 3 aromatic rings. The molecule has 0 saturated carbocycles. The van der Waals surface area contributed by atoms with Gasteiger partial charge in [-0.3, -0.25) is 4.90 Å². The Morgan fingerprint density at radius 2 is 2.12 bits per heavy atom. The van der Waals surface area contributed by atoms with Gasteiger partial charge < -0.3 is 10.1 Å². The molecule has 3 aromatic heterocycles. The SMILES string of the molecule is c1ccc(Nc2ccnc(C3COCCN3Cc3nccs3)n2)nc1. The average Bonchev–Trinajstić information content (AvgIpc) is 3.16. The van der Waals surface area contributed by atoms with Crippen LogP contribution in [0.2, 0.25) is 0 Å². The topological polar surface area (TPSA) is 76.1 Å². The van der Waals surface area contributed by atoms with E-state index in [1.165, 1.54) is 0 Å². The van der Waals surface area contributed by atoms with Crippen molar-refractivity contribution >= 4 is 23.0 Å². The number of thiazole rings is 1. The summed E-state index contributed by atoms with van der Waals surface area (Å²) in [6.07, 6.45) is 5.35. The van der Waals surface area contributed by atoms with Crippen molar-refractivity contribution in [2.45, 2.75) is 12.6 Å². The number of nitrogens with zero attached hydrogens (tertiary/aromatic N) is 5. The molecule has 0 aliphatic carbocycles. The highest BCUT2D eigenvalue weighted by Crippen LogP contribution is 2.25. The van der Waals surface area contributed by atoms with E-state index in [2.05, 4.69) is 30.2 Å². The van der Waals surface area contributed by atoms with Crippen LogP contribution in [0.1, 0.15) is 16.9 Å². The number of ether oxygens (including phenoxy) is 1. The van der Waals surface area contributed by atoms with E-state index in [0.717, 1.165) is 35.6 Å². The highest BCUT2D eigenvalue weighted by atomic mass is 32.1. The third kappa shape index (κ3) is 3.98. The Morgan fingerprint density at radius 1 is 1.12 bits per heavy atom. The van der Waals surface area contributed by atoms with Crippen molar-refractivity contribution in [2.24, 2.45) is 0 Å². The molecule has 1 atom stereocenters. The zero-order valence-electron chi connectivity index (χ0n) is 13.6. The van der Waals surface area contributed by atoms with Crippen LogP contribution in [0.5, 0.6) is 0 Å². The minimum absolute atomic E-state index is 0.0168. The van der Waals surface area contributed by atoms with Gasteiger partial charge >= 0.3 is 0 Å². The van der Waals surface area contributed by atoms with Crippen LogP contribution in [-0.2, 0) is 11.3 Å². The first-order valence-corrected chi connectivity index (χ1v) is 8.97. The Balaban J connectivity index is 1.53. The lowest BCUT2D eigenvalue weighted by atomic mass is 10.2. The Hall–Kier alpha value is -2.42. The van der Waals surface area contributed by atoms with Crippen molar-refractivity contribution in [3.63, 3.8) is 0 Å². The van der Waals surface area contributed by atoms with Crippen LogP contribution in [0.3, 0.4) is 0 Å².